The van der Waals surface area contributed by atoms with Gasteiger partial charge in [-0.05, 0) is 18.9 Å². The summed E-state index contributed by atoms with van der Waals surface area (Å²) in [4.78, 5) is 5.78. The number of sulfone groups is 1. The van der Waals surface area contributed by atoms with E-state index in [-0.39, 0.29) is 16.5 Å². The minimum atomic E-state index is -3.18. The third-order valence-electron chi connectivity index (χ3n) is 4.28. The molecule has 0 aromatic carbocycles. The number of aromatic nitrogens is 1. The second kappa shape index (κ2) is 6.81. The van der Waals surface area contributed by atoms with Gasteiger partial charge in [-0.2, -0.15) is 5.26 Å². The molecular weight excluding hydrogens is 360 g/mol. The molecule has 2 rings (SSSR count). The van der Waals surface area contributed by atoms with Gasteiger partial charge in [0.15, 0.2) is 0 Å². The Morgan fingerprint density at radius 2 is 2.04 bits per heavy atom. The van der Waals surface area contributed by atoms with Crippen molar-refractivity contribution in [1.82, 2.24) is 4.98 Å². The molecule has 0 saturated carbocycles. The fourth-order valence-corrected chi connectivity index (χ4v) is 4.06. The van der Waals surface area contributed by atoms with E-state index in [0.717, 1.165) is 0 Å². The number of alkyl halides is 2. The Kier molecular flexibility index (Phi) is 5.35. The summed E-state index contributed by atoms with van der Waals surface area (Å²) in [5.41, 5.74) is -0.758. The number of piperidine rings is 1. The van der Waals surface area contributed by atoms with E-state index in [1.807, 2.05) is 0 Å². The predicted octanol–water partition coefficient (Wildman–Crippen LogP) is 3.12. The largest absolute Gasteiger partial charge is 0.356 e. The van der Waals surface area contributed by atoms with Crippen LogP contribution in [0.25, 0.3) is 0 Å². The van der Waals surface area contributed by atoms with Crippen LogP contribution in [-0.4, -0.2) is 38.0 Å². The van der Waals surface area contributed by atoms with Crippen LogP contribution in [0.1, 0.15) is 37.3 Å². The number of hydrogen-bond acceptors (Lipinski definition) is 5. The van der Waals surface area contributed by atoms with Crippen molar-refractivity contribution in [3.05, 3.63) is 22.3 Å². The SMILES string of the molecule is CCC(F)(F)c1cc(N2CCC(S(C)(=O)=O)CC2)nc(Cl)c1C#N. The lowest BCUT2D eigenvalue weighted by Crippen LogP contribution is -2.39. The van der Waals surface area contributed by atoms with Crippen LogP contribution in [0.3, 0.4) is 0 Å². The van der Waals surface area contributed by atoms with Gasteiger partial charge in [-0.25, -0.2) is 22.2 Å². The molecule has 0 aliphatic carbocycles. The van der Waals surface area contributed by atoms with E-state index in [0.29, 0.717) is 25.9 Å². The van der Waals surface area contributed by atoms with Crippen LogP contribution in [-0.2, 0) is 15.8 Å². The van der Waals surface area contributed by atoms with Gasteiger partial charge in [-0.1, -0.05) is 18.5 Å². The monoisotopic (exact) mass is 377 g/mol. The predicted molar refractivity (Wildman–Crippen MR) is 88.2 cm³/mol. The highest BCUT2D eigenvalue weighted by molar-refractivity contribution is 7.91. The van der Waals surface area contributed by atoms with E-state index < -0.39 is 33.0 Å². The van der Waals surface area contributed by atoms with Crippen LogP contribution in [0.5, 0.6) is 0 Å². The Morgan fingerprint density at radius 3 is 2.50 bits per heavy atom. The summed E-state index contributed by atoms with van der Waals surface area (Å²) in [5, 5.41) is 8.40. The number of nitriles is 1. The van der Waals surface area contributed by atoms with E-state index >= 15 is 0 Å². The zero-order chi connectivity index (χ0) is 18.1. The molecular formula is C15H18ClF2N3O2S. The van der Waals surface area contributed by atoms with Crippen LogP contribution in [0.2, 0.25) is 5.15 Å². The van der Waals surface area contributed by atoms with Crippen molar-refractivity contribution in [2.75, 3.05) is 24.2 Å². The van der Waals surface area contributed by atoms with Crippen LogP contribution in [0, 0.1) is 11.3 Å². The molecule has 2 heterocycles. The molecule has 0 atom stereocenters. The van der Waals surface area contributed by atoms with Crippen molar-refractivity contribution in [2.24, 2.45) is 0 Å². The molecule has 1 aliphatic rings. The molecule has 9 heteroatoms. The van der Waals surface area contributed by atoms with E-state index in [4.69, 9.17) is 16.9 Å². The first-order chi connectivity index (χ1) is 11.1. The molecule has 132 valence electrons. The number of rotatable bonds is 4. The maximum absolute atomic E-state index is 14.1. The molecule has 1 aromatic heterocycles. The molecule has 24 heavy (non-hydrogen) atoms. The zero-order valence-corrected chi connectivity index (χ0v) is 15.0. The van der Waals surface area contributed by atoms with Gasteiger partial charge in [-0.15, -0.1) is 0 Å². The molecule has 1 saturated heterocycles. The molecule has 1 aliphatic heterocycles. The topological polar surface area (TPSA) is 74.1 Å². The maximum atomic E-state index is 14.1. The Hall–Kier alpha value is -1.46. The standard InChI is InChI=1S/C15H18ClF2N3O2S/c1-3-15(17,18)12-8-13(20-14(16)11(12)9-19)21-6-4-10(5-7-21)24(2,22)23/h8,10H,3-7H2,1-2H3. The summed E-state index contributed by atoms with van der Waals surface area (Å²) in [6, 6.07) is 2.88. The van der Waals surface area contributed by atoms with Crippen LogP contribution in [0.15, 0.2) is 6.07 Å². The van der Waals surface area contributed by atoms with Gasteiger partial charge in [0.05, 0.1) is 10.8 Å². The maximum Gasteiger partial charge on any atom is 0.274 e. The van der Waals surface area contributed by atoms with Gasteiger partial charge in [-0.3, -0.25) is 0 Å². The number of hydrogen-bond donors (Lipinski definition) is 0. The Balaban J connectivity index is 2.35. The van der Waals surface area contributed by atoms with E-state index in [2.05, 4.69) is 4.98 Å². The second-order valence-corrected chi connectivity index (χ2v) is 8.56. The highest BCUT2D eigenvalue weighted by Gasteiger charge is 2.35. The van der Waals surface area contributed by atoms with Crippen molar-refractivity contribution >= 4 is 27.3 Å². The summed E-state index contributed by atoms with van der Waals surface area (Å²) >= 11 is 5.93. The first-order valence-corrected chi connectivity index (χ1v) is 9.86. The molecule has 0 radical (unpaired) electrons. The average Bonchev–Trinajstić information content (AvgIpc) is 2.53. The van der Waals surface area contributed by atoms with Gasteiger partial charge in [0, 0.05) is 31.3 Å². The summed E-state index contributed by atoms with van der Waals surface area (Å²) in [6.07, 6.45) is 1.54. The summed E-state index contributed by atoms with van der Waals surface area (Å²) in [6.45, 7) is 2.08. The third kappa shape index (κ3) is 3.78. The molecule has 0 spiro atoms. The van der Waals surface area contributed by atoms with Crippen molar-refractivity contribution in [3.63, 3.8) is 0 Å². The fourth-order valence-electron chi connectivity index (χ4n) is 2.76. The van der Waals surface area contributed by atoms with Crippen LogP contribution in [0.4, 0.5) is 14.6 Å². The third-order valence-corrected chi connectivity index (χ3v) is 6.24. The van der Waals surface area contributed by atoms with E-state index in [9.17, 15) is 17.2 Å². The molecule has 5 nitrogen and oxygen atoms in total. The number of pyridine rings is 1. The number of nitrogens with zero attached hydrogens (tertiary/aromatic N) is 3. The molecule has 1 aromatic rings. The molecule has 1 fully saturated rings. The molecule has 0 unspecified atom stereocenters. The van der Waals surface area contributed by atoms with Crippen molar-refractivity contribution in [3.8, 4) is 6.07 Å². The van der Waals surface area contributed by atoms with Gasteiger partial charge >= 0.3 is 0 Å². The first kappa shape index (κ1) is 18.9. The summed E-state index contributed by atoms with van der Waals surface area (Å²) in [7, 11) is -3.12. The fraction of sp³-hybridized carbons (Fsp3) is 0.600. The lowest BCUT2D eigenvalue weighted by Gasteiger charge is -2.32. The van der Waals surface area contributed by atoms with Crippen molar-refractivity contribution in [2.45, 2.75) is 37.4 Å². The first-order valence-electron chi connectivity index (χ1n) is 7.53. The summed E-state index contributed by atoms with van der Waals surface area (Å²) < 4.78 is 51.5. The Morgan fingerprint density at radius 1 is 1.46 bits per heavy atom. The highest BCUT2D eigenvalue weighted by atomic mass is 35.5. The van der Waals surface area contributed by atoms with Crippen molar-refractivity contribution < 1.29 is 17.2 Å². The smallest absolute Gasteiger partial charge is 0.274 e. The second-order valence-electron chi connectivity index (χ2n) is 5.88. The molecule has 0 bridgehead atoms. The normalized spacial score (nSPS) is 16.9. The van der Waals surface area contributed by atoms with E-state index in [1.54, 1.807) is 11.0 Å². The molecule has 0 N–H and O–H groups in total. The van der Waals surface area contributed by atoms with Crippen LogP contribution >= 0.6 is 11.6 Å². The lowest BCUT2D eigenvalue weighted by atomic mass is 10.0. The minimum absolute atomic E-state index is 0.245. The molecule has 0 amide bonds. The van der Waals surface area contributed by atoms with Gasteiger partial charge in [0.1, 0.15) is 26.9 Å². The van der Waals surface area contributed by atoms with Crippen LogP contribution < -0.4 is 4.90 Å². The minimum Gasteiger partial charge on any atom is -0.356 e. The summed E-state index contributed by atoms with van der Waals surface area (Å²) in [5.74, 6) is -2.94. The van der Waals surface area contributed by atoms with Gasteiger partial charge < -0.3 is 4.90 Å². The zero-order valence-electron chi connectivity index (χ0n) is 13.4. The van der Waals surface area contributed by atoms with Crippen molar-refractivity contribution in [1.29, 1.82) is 5.26 Å². The lowest BCUT2D eigenvalue weighted by molar-refractivity contribution is -0.00859. The average molecular weight is 378 g/mol. The quantitative estimate of drug-likeness (QED) is 0.753. The number of anilines is 1. The Bertz CT molecular complexity index is 770. The van der Waals surface area contributed by atoms with E-state index in [1.165, 1.54) is 19.2 Å². The highest BCUT2D eigenvalue weighted by Crippen LogP contribution is 2.38. The van der Waals surface area contributed by atoms with Gasteiger partial charge in [0.25, 0.3) is 5.92 Å². The Labute approximate surface area is 145 Å². The number of halogens is 3. The van der Waals surface area contributed by atoms with Gasteiger partial charge in [0.2, 0.25) is 0 Å².